The highest BCUT2D eigenvalue weighted by Crippen LogP contribution is 2.25. The zero-order valence-electron chi connectivity index (χ0n) is 26.4. The molecular weight excluding hydrogens is 567 g/mol. The first-order valence-electron chi connectivity index (χ1n) is 15.5. The van der Waals surface area contributed by atoms with Crippen molar-refractivity contribution in [3.05, 3.63) is 47.9 Å². The van der Waals surface area contributed by atoms with Crippen LogP contribution in [-0.2, 0) is 20.7 Å². The summed E-state index contributed by atoms with van der Waals surface area (Å²) in [6, 6.07) is 7.41. The van der Waals surface area contributed by atoms with Gasteiger partial charge >= 0.3 is 12.2 Å². The standard InChI is InChI=1S/C33H45FN4O6/c1-22(2)43-32(41)38-16-12-23(13-17-38)21-42-26-10-11-28(35-20-26)25-9-8-24(27(34)18-25)19-29(30(39)37-14-6-7-15-37)36-31(40)44-33(3,4)5/h8-11,18,20,22-23,29H,6-7,12-17,19,21H2,1-5H3,(H,36,40)/t29-/m0/s1. The molecule has 1 aromatic carbocycles. The molecule has 240 valence electrons. The third-order valence-corrected chi connectivity index (χ3v) is 7.61. The van der Waals surface area contributed by atoms with Crippen molar-refractivity contribution in [2.75, 3.05) is 32.8 Å². The lowest BCUT2D eigenvalue weighted by Gasteiger charge is -2.31. The second kappa shape index (κ2) is 14.7. The SMILES string of the molecule is CC(C)OC(=O)N1CCC(COc2ccc(-c3ccc(C[C@H](NC(=O)OC(C)(C)C)C(=O)N4CCCC4)c(F)c3)nc2)CC1. The minimum absolute atomic E-state index is 0.00126. The van der Waals surface area contributed by atoms with Crippen molar-refractivity contribution in [3.8, 4) is 17.0 Å². The Bertz CT molecular complexity index is 1280. The van der Waals surface area contributed by atoms with Gasteiger partial charge in [0, 0.05) is 38.2 Å². The van der Waals surface area contributed by atoms with Crippen LogP contribution in [0.4, 0.5) is 14.0 Å². The van der Waals surface area contributed by atoms with Gasteiger partial charge in [0.05, 0.1) is 24.6 Å². The van der Waals surface area contributed by atoms with E-state index >= 15 is 4.39 Å². The van der Waals surface area contributed by atoms with E-state index < -0.39 is 23.6 Å². The molecule has 1 atom stereocenters. The minimum atomic E-state index is -0.945. The van der Waals surface area contributed by atoms with Crippen molar-refractivity contribution in [2.24, 2.45) is 5.92 Å². The second-order valence-electron chi connectivity index (χ2n) is 12.8. The number of rotatable bonds is 9. The molecular formula is C33H45FN4O6. The molecule has 1 N–H and O–H groups in total. The van der Waals surface area contributed by atoms with Crippen LogP contribution in [0.2, 0.25) is 0 Å². The van der Waals surface area contributed by atoms with Crippen molar-refractivity contribution in [2.45, 2.75) is 84.5 Å². The molecule has 44 heavy (non-hydrogen) atoms. The van der Waals surface area contributed by atoms with Crippen LogP contribution in [0.25, 0.3) is 11.3 Å². The van der Waals surface area contributed by atoms with Gasteiger partial charge in [-0.25, -0.2) is 14.0 Å². The number of hydrogen-bond donors (Lipinski definition) is 1. The molecule has 4 rings (SSSR count). The summed E-state index contributed by atoms with van der Waals surface area (Å²) in [6.45, 7) is 11.9. The fourth-order valence-electron chi connectivity index (χ4n) is 5.31. The summed E-state index contributed by atoms with van der Waals surface area (Å²) in [4.78, 5) is 45.7. The number of alkyl carbamates (subject to hydrolysis) is 1. The summed E-state index contributed by atoms with van der Waals surface area (Å²) in [5, 5.41) is 2.66. The molecule has 2 aromatic rings. The topological polar surface area (TPSA) is 110 Å². The van der Waals surface area contributed by atoms with Crippen LogP contribution in [0.15, 0.2) is 36.5 Å². The molecule has 2 saturated heterocycles. The van der Waals surface area contributed by atoms with Crippen LogP contribution in [0.5, 0.6) is 5.75 Å². The summed E-state index contributed by atoms with van der Waals surface area (Å²) >= 11 is 0. The Morgan fingerprint density at radius 2 is 1.73 bits per heavy atom. The third kappa shape index (κ3) is 9.56. The number of nitrogens with one attached hydrogen (secondary N) is 1. The molecule has 2 aliphatic rings. The number of ether oxygens (including phenoxy) is 3. The van der Waals surface area contributed by atoms with Gasteiger partial charge in [-0.3, -0.25) is 9.78 Å². The Balaban J connectivity index is 1.34. The predicted molar refractivity (Wildman–Crippen MR) is 164 cm³/mol. The van der Waals surface area contributed by atoms with Crippen LogP contribution >= 0.6 is 0 Å². The summed E-state index contributed by atoms with van der Waals surface area (Å²) in [7, 11) is 0. The highest BCUT2D eigenvalue weighted by Gasteiger charge is 2.30. The van der Waals surface area contributed by atoms with E-state index in [1.165, 1.54) is 6.07 Å². The molecule has 1 aromatic heterocycles. The molecule has 3 amide bonds. The minimum Gasteiger partial charge on any atom is -0.492 e. The second-order valence-corrected chi connectivity index (χ2v) is 12.8. The van der Waals surface area contributed by atoms with E-state index in [0.29, 0.717) is 61.3 Å². The van der Waals surface area contributed by atoms with Gasteiger partial charge in [-0.2, -0.15) is 0 Å². The van der Waals surface area contributed by atoms with E-state index in [2.05, 4.69) is 10.3 Å². The molecule has 0 spiro atoms. The van der Waals surface area contributed by atoms with Gasteiger partial charge in [0.25, 0.3) is 0 Å². The lowest BCUT2D eigenvalue weighted by molar-refractivity contribution is -0.132. The first-order valence-corrected chi connectivity index (χ1v) is 15.5. The molecule has 3 heterocycles. The monoisotopic (exact) mass is 612 g/mol. The van der Waals surface area contributed by atoms with E-state index in [4.69, 9.17) is 14.2 Å². The highest BCUT2D eigenvalue weighted by atomic mass is 19.1. The molecule has 0 bridgehead atoms. The van der Waals surface area contributed by atoms with E-state index in [1.54, 1.807) is 61.0 Å². The van der Waals surface area contributed by atoms with Crippen molar-refractivity contribution < 1.29 is 33.0 Å². The van der Waals surface area contributed by atoms with Crippen molar-refractivity contribution in [1.82, 2.24) is 20.1 Å². The Kier molecular flexibility index (Phi) is 11.0. The third-order valence-electron chi connectivity index (χ3n) is 7.61. The van der Waals surface area contributed by atoms with E-state index in [0.717, 1.165) is 25.7 Å². The quantitative estimate of drug-likeness (QED) is 0.394. The molecule has 11 heteroatoms. The number of benzene rings is 1. The molecule has 10 nitrogen and oxygen atoms in total. The smallest absolute Gasteiger partial charge is 0.410 e. The first kappa shape index (κ1) is 33.0. The maximum absolute atomic E-state index is 15.3. The molecule has 0 saturated carbocycles. The Morgan fingerprint density at radius 1 is 1.02 bits per heavy atom. The maximum atomic E-state index is 15.3. The van der Waals surface area contributed by atoms with Gasteiger partial charge in [-0.05, 0) is 90.0 Å². The lowest BCUT2D eigenvalue weighted by Crippen LogP contribution is -2.50. The number of carbonyl (C=O) groups excluding carboxylic acids is 3. The van der Waals surface area contributed by atoms with E-state index in [9.17, 15) is 14.4 Å². The van der Waals surface area contributed by atoms with Crippen molar-refractivity contribution in [3.63, 3.8) is 0 Å². The Labute approximate surface area is 259 Å². The Hall–Kier alpha value is -3.89. The zero-order chi connectivity index (χ0) is 31.9. The average molecular weight is 613 g/mol. The van der Waals surface area contributed by atoms with Gasteiger partial charge in [0.2, 0.25) is 5.91 Å². The summed E-state index contributed by atoms with van der Waals surface area (Å²) in [5.41, 5.74) is 0.747. The van der Waals surface area contributed by atoms with Crippen molar-refractivity contribution >= 4 is 18.1 Å². The Morgan fingerprint density at radius 3 is 2.32 bits per heavy atom. The summed E-state index contributed by atoms with van der Waals surface area (Å²) < 4.78 is 31.9. The zero-order valence-corrected chi connectivity index (χ0v) is 26.4. The number of hydrogen-bond acceptors (Lipinski definition) is 7. The van der Waals surface area contributed by atoms with Gasteiger partial charge in [0.1, 0.15) is 23.2 Å². The number of amides is 3. The number of piperidine rings is 1. The van der Waals surface area contributed by atoms with Gasteiger partial charge in [-0.1, -0.05) is 12.1 Å². The largest absolute Gasteiger partial charge is 0.492 e. The van der Waals surface area contributed by atoms with Crippen LogP contribution in [0.3, 0.4) is 0 Å². The van der Waals surface area contributed by atoms with Crippen LogP contribution < -0.4 is 10.1 Å². The maximum Gasteiger partial charge on any atom is 0.410 e. The normalized spacial score (nSPS) is 16.5. The van der Waals surface area contributed by atoms with Crippen LogP contribution in [0.1, 0.15) is 65.9 Å². The molecule has 0 aliphatic carbocycles. The number of aromatic nitrogens is 1. The van der Waals surface area contributed by atoms with Crippen molar-refractivity contribution in [1.29, 1.82) is 0 Å². The number of halogens is 1. The van der Waals surface area contributed by atoms with E-state index in [-0.39, 0.29) is 24.5 Å². The molecule has 0 unspecified atom stereocenters. The van der Waals surface area contributed by atoms with Gasteiger partial charge in [0.15, 0.2) is 0 Å². The molecule has 2 aliphatic heterocycles. The van der Waals surface area contributed by atoms with Crippen LogP contribution in [0, 0.1) is 11.7 Å². The van der Waals surface area contributed by atoms with Gasteiger partial charge < -0.3 is 29.3 Å². The van der Waals surface area contributed by atoms with Gasteiger partial charge in [-0.15, -0.1) is 0 Å². The number of likely N-dealkylation sites (tertiary alicyclic amines) is 2. The fraction of sp³-hybridized carbons (Fsp3) is 0.576. The molecule has 0 radical (unpaired) electrons. The number of nitrogens with zero attached hydrogens (tertiary/aromatic N) is 3. The fourth-order valence-corrected chi connectivity index (χ4v) is 5.31. The number of pyridine rings is 1. The summed E-state index contributed by atoms with van der Waals surface area (Å²) in [5.74, 6) is 0.209. The average Bonchev–Trinajstić information content (AvgIpc) is 3.51. The number of carbonyl (C=O) groups is 3. The predicted octanol–water partition coefficient (Wildman–Crippen LogP) is 5.58. The summed E-state index contributed by atoms with van der Waals surface area (Å²) in [6.07, 6.45) is 3.98. The van der Waals surface area contributed by atoms with E-state index in [1.807, 2.05) is 13.8 Å². The first-order chi connectivity index (χ1) is 20.9. The molecule has 2 fully saturated rings. The highest BCUT2D eigenvalue weighted by molar-refractivity contribution is 5.86. The van der Waals surface area contributed by atoms with Crippen LogP contribution in [-0.4, -0.2) is 83.4 Å². The lowest BCUT2D eigenvalue weighted by atomic mass is 9.98.